The molecule has 0 bridgehead atoms. The topological polar surface area (TPSA) is 42.8 Å². The van der Waals surface area contributed by atoms with Gasteiger partial charge in [-0.2, -0.15) is 5.10 Å². The van der Waals surface area contributed by atoms with Crippen LogP contribution < -0.4 is 4.74 Å². The van der Waals surface area contributed by atoms with E-state index in [1.807, 2.05) is 35.8 Å². The third kappa shape index (κ3) is 2.87. The minimum atomic E-state index is -0.113. The maximum Gasteiger partial charge on any atom is 0.195 e. The SMILES string of the molecule is CCOc1ccc(-c2n[nH]c(=S)n2C(C)(C)C)cc1. The highest BCUT2D eigenvalue weighted by Crippen LogP contribution is 2.26. The highest BCUT2D eigenvalue weighted by atomic mass is 32.1. The maximum atomic E-state index is 5.44. The summed E-state index contributed by atoms with van der Waals surface area (Å²) in [6, 6.07) is 7.89. The summed E-state index contributed by atoms with van der Waals surface area (Å²) in [7, 11) is 0. The monoisotopic (exact) mass is 277 g/mol. The molecule has 1 heterocycles. The Hall–Kier alpha value is -1.62. The lowest BCUT2D eigenvalue weighted by molar-refractivity contribution is 0.340. The first kappa shape index (κ1) is 13.8. The number of ether oxygens (including phenoxy) is 1. The molecule has 5 heteroatoms. The molecule has 0 unspecified atom stereocenters. The molecule has 0 radical (unpaired) electrons. The second-order valence-corrected chi connectivity index (χ2v) is 5.70. The number of rotatable bonds is 3. The van der Waals surface area contributed by atoms with Crippen LogP contribution >= 0.6 is 12.2 Å². The van der Waals surface area contributed by atoms with E-state index in [2.05, 4.69) is 31.0 Å². The van der Waals surface area contributed by atoms with E-state index in [0.29, 0.717) is 11.4 Å². The molecule has 0 aliphatic carbocycles. The van der Waals surface area contributed by atoms with Gasteiger partial charge in [0.15, 0.2) is 10.6 Å². The normalized spacial score (nSPS) is 11.6. The van der Waals surface area contributed by atoms with E-state index in [1.54, 1.807) is 0 Å². The smallest absolute Gasteiger partial charge is 0.195 e. The minimum Gasteiger partial charge on any atom is -0.494 e. The summed E-state index contributed by atoms with van der Waals surface area (Å²) in [6.07, 6.45) is 0. The first-order valence-corrected chi connectivity index (χ1v) is 6.75. The molecule has 0 saturated heterocycles. The van der Waals surface area contributed by atoms with Crippen molar-refractivity contribution in [2.45, 2.75) is 33.2 Å². The van der Waals surface area contributed by atoms with Crippen molar-refractivity contribution in [1.82, 2.24) is 14.8 Å². The molecule has 0 saturated carbocycles. The molecule has 0 amide bonds. The second-order valence-electron chi connectivity index (χ2n) is 5.32. The van der Waals surface area contributed by atoms with Gasteiger partial charge >= 0.3 is 0 Å². The van der Waals surface area contributed by atoms with Crippen molar-refractivity contribution in [2.24, 2.45) is 0 Å². The lowest BCUT2D eigenvalue weighted by Gasteiger charge is -2.22. The van der Waals surface area contributed by atoms with Gasteiger partial charge in [0.1, 0.15) is 5.75 Å². The van der Waals surface area contributed by atoms with Gasteiger partial charge in [0.05, 0.1) is 6.61 Å². The van der Waals surface area contributed by atoms with Crippen molar-refractivity contribution in [3.8, 4) is 17.1 Å². The lowest BCUT2D eigenvalue weighted by atomic mass is 10.1. The van der Waals surface area contributed by atoms with Gasteiger partial charge in [-0.3, -0.25) is 9.67 Å². The zero-order chi connectivity index (χ0) is 14.0. The van der Waals surface area contributed by atoms with Gasteiger partial charge in [-0.1, -0.05) is 0 Å². The van der Waals surface area contributed by atoms with Gasteiger partial charge in [-0.25, -0.2) is 0 Å². The highest BCUT2D eigenvalue weighted by molar-refractivity contribution is 7.71. The number of nitrogens with zero attached hydrogens (tertiary/aromatic N) is 2. The fourth-order valence-corrected chi connectivity index (χ4v) is 2.39. The third-order valence-electron chi connectivity index (χ3n) is 2.77. The summed E-state index contributed by atoms with van der Waals surface area (Å²) in [5.74, 6) is 1.71. The lowest BCUT2D eigenvalue weighted by Crippen LogP contribution is -2.22. The molecule has 102 valence electrons. The van der Waals surface area contributed by atoms with Crippen molar-refractivity contribution in [3.63, 3.8) is 0 Å². The van der Waals surface area contributed by atoms with E-state index < -0.39 is 0 Å². The van der Waals surface area contributed by atoms with Crippen molar-refractivity contribution in [3.05, 3.63) is 29.0 Å². The third-order valence-corrected chi connectivity index (χ3v) is 3.04. The predicted molar refractivity (Wildman–Crippen MR) is 79.0 cm³/mol. The summed E-state index contributed by atoms with van der Waals surface area (Å²) in [4.78, 5) is 0. The van der Waals surface area contributed by atoms with E-state index in [-0.39, 0.29) is 5.54 Å². The van der Waals surface area contributed by atoms with Crippen molar-refractivity contribution in [1.29, 1.82) is 0 Å². The van der Waals surface area contributed by atoms with E-state index in [9.17, 15) is 0 Å². The average Bonchev–Trinajstić information content (AvgIpc) is 2.72. The van der Waals surface area contributed by atoms with E-state index in [1.165, 1.54) is 0 Å². The van der Waals surface area contributed by atoms with E-state index in [4.69, 9.17) is 17.0 Å². The Morgan fingerprint density at radius 2 is 1.89 bits per heavy atom. The molecule has 1 N–H and O–H groups in total. The average molecular weight is 277 g/mol. The molecule has 4 nitrogen and oxygen atoms in total. The molecule has 0 spiro atoms. The van der Waals surface area contributed by atoms with Crippen LogP contribution in [-0.2, 0) is 5.54 Å². The first-order valence-electron chi connectivity index (χ1n) is 6.34. The van der Waals surface area contributed by atoms with E-state index >= 15 is 0 Å². The number of hydrogen-bond acceptors (Lipinski definition) is 3. The number of hydrogen-bond donors (Lipinski definition) is 1. The predicted octanol–water partition coefficient (Wildman–Crippen LogP) is 3.76. The fourth-order valence-electron chi connectivity index (χ4n) is 1.98. The second kappa shape index (κ2) is 5.17. The molecular formula is C14H19N3OS. The van der Waals surface area contributed by atoms with Crippen LogP contribution in [0.1, 0.15) is 27.7 Å². The van der Waals surface area contributed by atoms with Crippen LogP contribution in [0.5, 0.6) is 5.75 Å². The molecule has 2 aromatic rings. The number of benzene rings is 1. The Morgan fingerprint density at radius 3 is 2.42 bits per heavy atom. The van der Waals surface area contributed by atoms with Crippen LogP contribution in [0.15, 0.2) is 24.3 Å². The van der Waals surface area contributed by atoms with Gasteiger partial charge in [0, 0.05) is 11.1 Å². The minimum absolute atomic E-state index is 0.113. The van der Waals surface area contributed by atoms with Crippen LogP contribution in [-0.4, -0.2) is 21.4 Å². The van der Waals surface area contributed by atoms with Crippen LogP contribution in [0.3, 0.4) is 0 Å². The molecule has 0 fully saturated rings. The van der Waals surface area contributed by atoms with Gasteiger partial charge in [-0.05, 0) is 64.2 Å². The van der Waals surface area contributed by atoms with Gasteiger partial charge in [-0.15, -0.1) is 0 Å². The number of aromatic amines is 1. The molecule has 0 aliphatic rings. The van der Waals surface area contributed by atoms with Crippen LogP contribution in [0.2, 0.25) is 0 Å². The molecule has 19 heavy (non-hydrogen) atoms. The first-order chi connectivity index (χ1) is 8.93. The van der Waals surface area contributed by atoms with Crippen LogP contribution in [0.4, 0.5) is 0 Å². The molecule has 2 rings (SSSR count). The van der Waals surface area contributed by atoms with Gasteiger partial charge in [0.25, 0.3) is 0 Å². The number of aromatic nitrogens is 3. The van der Waals surface area contributed by atoms with E-state index in [0.717, 1.165) is 17.1 Å². The summed E-state index contributed by atoms with van der Waals surface area (Å²) >= 11 is 5.31. The Labute approximate surface area is 118 Å². The quantitative estimate of drug-likeness (QED) is 0.869. The Balaban J connectivity index is 2.45. The standard InChI is InChI=1S/C14H19N3OS/c1-5-18-11-8-6-10(7-9-11)12-15-16-13(19)17(12)14(2,3)4/h6-9H,5H2,1-4H3,(H,16,19). The molecule has 1 aromatic carbocycles. The summed E-state index contributed by atoms with van der Waals surface area (Å²) < 4.78 is 8.11. The molecular weight excluding hydrogens is 258 g/mol. The van der Waals surface area contributed by atoms with Crippen LogP contribution in [0, 0.1) is 4.77 Å². The summed E-state index contributed by atoms with van der Waals surface area (Å²) in [5, 5.41) is 7.20. The van der Waals surface area contributed by atoms with Gasteiger partial charge in [0.2, 0.25) is 0 Å². The molecule has 0 aliphatic heterocycles. The maximum absolute atomic E-state index is 5.44. The fraction of sp³-hybridized carbons (Fsp3) is 0.429. The zero-order valence-corrected chi connectivity index (χ0v) is 12.5. The Morgan fingerprint density at radius 1 is 1.26 bits per heavy atom. The van der Waals surface area contributed by atoms with Crippen molar-refractivity contribution in [2.75, 3.05) is 6.61 Å². The van der Waals surface area contributed by atoms with Gasteiger partial charge < -0.3 is 4.74 Å². The highest BCUT2D eigenvalue weighted by Gasteiger charge is 2.20. The molecule has 0 atom stereocenters. The number of H-pyrrole nitrogens is 1. The van der Waals surface area contributed by atoms with Crippen molar-refractivity contribution < 1.29 is 4.74 Å². The van der Waals surface area contributed by atoms with Crippen molar-refractivity contribution >= 4 is 12.2 Å². The number of nitrogens with one attached hydrogen (secondary N) is 1. The zero-order valence-electron chi connectivity index (χ0n) is 11.7. The summed E-state index contributed by atoms with van der Waals surface area (Å²) in [5.41, 5.74) is 0.906. The Kier molecular flexibility index (Phi) is 3.75. The van der Waals surface area contributed by atoms with Crippen LogP contribution in [0.25, 0.3) is 11.4 Å². The molecule has 1 aromatic heterocycles. The Bertz CT molecular complexity index is 605. The largest absolute Gasteiger partial charge is 0.494 e. The summed E-state index contributed by atoms with van der Waals surface area (Å²) in [6.45, 7) is 8.96.